The van der Waals surface area contributed by atoms with Gasteiger partial charge in [0, 0.05) is 5.02 Å². The van der Waals surface area contributed by atoms with Crippen molar-refractivity contribution in [2.45, 2.75) is 12.4 Å². The Balaban J connectivity index is 2.06. The summed E-state index contributed by atoms with van der Waals surface area (Å²) in [7, 11) is -3.80. The smallest absolute Gasteiger partial charge is 0.387 e. The molecule has 1 amide bonds. The van der Waals surface area contributed by atoms with E-state index in [0.717, 1.165) is 0 Å². The second-order valence-corrected chi connectivity index (χ2v) is 7.52. The van der Waals surface area contributed by atoms with Crippen molar-refractivity contribution in [3.8, 4) is 5.75 Å². The molecule has 0 aromatic heterocycles. The van der Waals surface area contributed by atoms with E-state index >= 15 is 0 Å². The molecule has 0 atom stereocenters. The van der Waals surface area contributed by atoms with Crippen LogP contribution in [0.5, 0.6) is 5.75 Å². The number of benzene rings is 2. The van der Waals surface area contributed by atoms with Crippen molar-refractivity contribution in [1.29, 1.82) is 0 Å². The Morgan fingerprint density at radius 3 is 2.44 bits per heavy atom. The van der Waals surface area contributed by atoms with Crippen LogP contribution in [0.4, 0.5) is 14.5 Å². The van der Waals surface area contributed by atoms with Gasteiger partial charge in [-0.1, -0.05) is 41.9 Å². The second-order valence-electron chi connectivity index (χ2n) is 5.05. The first-order chi connectivity index (χ1) is 11.8. The molecule has 9 heteroatoms. The van der Waals surface area contributed by atoms with Crippen LogP contribution in [0, 0.1) is 0 Å². The molecule has 5 nitrogen and oxygen atoms in total. The highest BCUT2D eigenvalue weighted by Gasteiger charge is 2.20. The summed E-state index contributed by atoms with van der Waals surface area (Å²) >= 11 is 5.91. The number of alkyl halides is 2. The number of ether oxygens (including phenoxy) is 1. The van der Waals surface area contributed by atoms with E-state index in [-0.39, 0.29) is 16.5 Å². The third-order valence-corrected chi connectivity index (χ3v) is 4.88. The number of hydrogen-bond acceptors (Lipinski definition) is 4. The molecule has 0 unspecified atom stereocenters. The SMILES string of the molecule is O=C(CS(=O)(=O)Cc1ccccc1Cl)Nc1ccccc1OC(F)F. The monoisotopic (exact) mass is 389 g/mol. The fourth-order valence-electron chi connectivity index (χ4n) is 2.06. The molecule has 0 aliphatic rings. The van der Waals surface area contributed by atoms with Gasteiger partial charge in [0.25, 0.3) is 0 Å². The van der Waals surface area contributed by atoms with Gasteiger partial charge in [-0.05, 0) is 23.8 Å². The van der Waals surface area contributed by atoms with Gasteiger partial charge >= 0.3 is 6.61 Å². The Morgan fingerprint density at radius 1 is 1.12 bits per heavy atom. The topological polar surface area (TPSA) is 72.5 Å². The number of halogens is 3. The molecule has 1 N–H and O–H groups in total. The van der Waals surface area contributed by atoms with Crippen molar-refractivity contribution in [2.24, 2.45) is 0 Å². The number of carbonyl (C=O) groups is 1. The molecule has 0 aliphatic heterocycles. The van der Waals surface area contributed by atoms with E-state index in [0.29, 0.717) is 5.56 Å². The third-order valence-electron chi connectivity index (χ3n) is 3.06. The molecule has 0 heterocycles. The Labute approximate surface area is 148 Å². The molecule has 0 saturated heterocycles. The molecule has 2 aromatic carbocycles. The number of amides is 1. The predicted molar refractivity (Wildman–Crippen MR) is 90.6 cm³/mol. The second kappa shape index (κ2) is 8.26. The maximum atomic E-state index is 12.3. The molecule has 0 bridgehead atoms. The van der Waals surface area contributed by atoms with E-state index in [1.807, 2.05) is 0 Å². The van der Waals surface area contributed by atoms with Crippen LogP contribution in [0.3, 0.4) is 0 Å². The highest BCUT2D eigenvalue weighted by atomic mass is 35.5. The summed E-state index contributed by atoms with van der Waals surface area (Å²) in [4.78, 5) is 12.0. The molecule has 0 aliphatic carbocycles. The van der Waals surface area contributed by atoms with Crippen LogP contribution in [0.1, 0.15) is 5.56 Å². The summed E-state index contributed by atoms with van der Waals surface area (Å²) in [5.41, 5.74) is 0.333. The Morgan fingerprint density at radius 2 is 1.76 bits per heavy atom. The lowest BCUT2D eigenvalue weighted by molar-refractivity contribution is -0.114. The summed E-state index contributed by atoms with van der Waals surface area (Å²) in [6.07, 6.45) is 0. The van der Waals surface area contributed by atoms with Crippen molar-refractivity contribution in [3.63, 3.8) is 0 Å². The molecule has 2 rings (SSSR count). The molecule has 0 spiro atoms. The van der Waals surface area contributed by atoms with Gasteiger partial charge in [-0.3, -0.25) is 4.79 Å². The molecular formula is C16H14ClF2NO4S. The molecule has 25 heavy (non-hydrogen) atoms. The number of nitrogens with one attached hydrogen (secondary N) is 1. The predicted octanol–water partition coefficient (Wildman–Crippen LogP) is 3.49. The Hall–Kier alpha value is -2.19. The van der Waals surface area contributed by atoms with Crippen molar-refractivity contribution >= 4 is 33.0 Å². The zero-order valence-corrected chi connectivity index (χ0v) is 14.4. The summed E-state index contributed by atoms with van der Waals surface area (Å²) in [6.45, 7) is -3.07. The van der Waals surface area contributed by atoms with Crippen molar-refractivity contribution in [1.82, 2.24) is 0 Å². The standard InChI is InChI=1S/C16H14ClF2NO4S/c17-12-6-2-1-5-11(12)9-25(22,23)10-15(21)20-13-7-3-4-8-14(13)24-16(18)19/h1-8,16H,9-10H2,(H,20,21). The maximum absolute atomic E-state index is 12.3. The number of para-hydroxylation sites is 2. The summed E-state index contributed by atoms with van der Waals surface area (Å²) in [5, 5.41) is 2.54. The minimum absolute atomic E-state index is 0.0410. The number of carbonyl (C=O) groups excluding carboxylic acids is 1. The van der Waals surface area contributed by atoms with Gasteiger partial charge in [-0.25, -0.2) is 8.42 Å². The van der Waals surface area contributed by atoms with Gasteiger partial charge in [0.2, 0.25) is 5.91 Å². The molecule has 0 radical (unpaired) electrons. The number of anilines is 1. The number of hydrogen-bond donors (Lipinski definition) is 1. The van der Waals surface area contributed by atoms with Crippen LogP contribution >= 0.6 is 11.6 Å². The van der Waals surface area contributed by atoms with Crippen molar-refractivity contribution < 1.29 is 26.7 Å². The van der Waals surface area contributed by atoms with Gasteiger partial charge in [0.1, 0.15) is 11.5 Å². The van der Waals surface area contributed by atoms with Crippen LogP contribution in [-0.4, -0.2) is 26.7 Å². The minimum atomic E-state index is -3.80. The van der Waals surface area contributed by atoms with Gasteiger partial charge in [0.15, 0.2) is 9.84 Å². The first-order valence-corrected chi connectivity index (χ1v) is 9.24. The zero-order chi connectivity index (χ0) is 18.4. The lowest BCUT2D eigenvalue weighted by Gasteiger charge is -2.12. The van der Waals surface area contributed by atoms with Crippen molar-refractivity contribution in [2.75, 3.05) is 11.1 Å². The highest BCUT2D eigenvalue weighted by molar-refractivity contribution is 7.91. The lowest BCUT2D eigenvalue weighted by Crippen LogP contribution is -2.24. The minimum Gasteiger partial charge on any atom is -0.433 e. The molecule has 0 fully saturated rings. The molecule has 0 saturated carbocycles. The maximum Gasteiger partial charge on any atom is 0.387 e. The van der Waals surface area contributed by atoms with Crippen LogP contribution < -0.4 is 10.1 Å². The zero-order valence-electron chi connectivity index (χ0n) is 12.8. The number of sulfone groups is 1. The largest absolute Gasteiger partial charge is 0.433 e. The fourth-order valence-corrected chi connectivity index (χ4v) is 3.64. The average molecular weight is 390 g/mol. The average Bonchev–Trinajstić information content (AvgIpc) is 2.50. The van der Waals surface area contributed by atoms with E-state index < -0.39 is 33.9 Å². The van der Waals surface area contributed by atoms with Crippen molar-refractivity contribution in [3.05, 3.63) is 59.1 Å². The highest BCUT2D eigenvalue weighted by Crippen LogP contribution is 2.25. The van der Waals surface area contributed by atoms with E-state index in [4.69, 9.17) is 11.6 Å². The summed E-state index contributed by atoms with van der Waals surface area (Å²) in [6, 6.07) is 11.9. The van der Waals surface area contributed by atoms with Gasteiger partial charge in [-0.2, -0.15) is 8.78 Å². The van der Waals surface area contributed by atoms with Gasteiger partial charge in [-0.15, -0.1) is 0 Å². The Kier molecular flexibility index (Phi) is 6.33. The molecular weight excluding hydrogens is 376 g/mol. The van der Waals surface area contributed by atoms with Gasteiger partial charge < -0.3 is 10.1 Å². The lowest BCUT2D eigenvalue weighted by atomic mass is 10.2. The first kappa shape index (κ1) is 19.1. The fraction of sp³-hybridized carbons (Fsp3) is 0.188. The summed E-state index contributed by atoms with van der Waals surface area (Å²) < 4.78 is 53.3. The van der Waals surface area contributed by atoms with Crippen LogP contribution in [-0.2, 0) is 20.4 Å². The normalized spacial score (nSPS) is 11.4. The van der Waals surface area contributed by atoms with E-state index in [1.165, 1.54) is 24.3 Å². The van der Waals surface area contributed by atoms with Crippen LogP contribution in [0.15, 0.2) is 48.5 Å². The van der Waals surface area contributed by atoms with Crippen LogP contribution in [0.25, 0.3) is 0 Å². The van der Waals surface area contributed by atoms with Gasteiger partial charge in [0.05, 0.1) is 11.4 Å². The Bertz CT molecular complexity index is 859. The van der Waals surface area contributed by atoms with E-state index in [1.54, 1.807) is 24.3 Å². The van der Waals surface area contributed by atoms with Crippen LogP contribution in [0.2, 0.25) is 5.02 Å². The molecule has 134 valence electrons. The van der Waals surface area contributed by atoms with E-state index in [9.17, 15) is 22.0 Å². The molecule has 2 aromatic rings. The number of rotatable bonds is 7. The third kappa shape index (κ3) is 5.99. The first-order valence-electron chi connectivity index (χ1n) is 7.04. The van der Waals surface area contributed by atoms with E-state index in [2.05, 4.69) is 10.1 Å². The quantitative estimate of drug-likeness (QED) is 0.786. The summed E-state index contributed by atoms with van der Waals surface area (Å²) in [5.74, 6) is -2.34.